The Morgan fingerprint density at radius 2 is 2.08 bits per heavy atom. The van der Waals surface area contributed by atoms with Gasteiger partial charge in [0.2, 0.25) is 0 Å². The first kappa shape index (κ1) is 15.9. The minimum Gasteiger partial charge on any atom is -0.361 e. The summed E-state index contributed by atoms with van der Waals surface area (Å²) in [6.07, 6.45) is 8.90. The summed E-state index contributed by atoms with van der Waals surface area (Å²) in [4.78, 5) is 18.6. The van der Waals surface area contributed by atoms with Crippen LogP contribution in [0.25, 0.3) is 10.9 Å². The number of ketones is 1. The van der Waals surface area contributed by atoms with Crippen molar-refractivity contribution in [1.82, 2.24) is 9.88 Å². The maximum atomic E-state index is 12.5. The predicted octanol–water partition coefficient (Wildman–Crippen LogP) is 4.35. The maximum Gasteiger partial charge on any atom is 0.162 e. The van der Waals surface area contributed by atoms with Crippen LogP contribution in [0, 0.1) is 5.92 Å². The summed E-state index contributed by atoms with van der Waals surface area (Å²) in [7, 11) is 0. The number of hydrogen-bond acceptors (Lipinski definition) is 2. The Labute approximate surface area is 144 Å². The van der Waals surface area contributed by atoms with Crippen LogP contribution in [0.5, 0.6) is 0 Å². The van der Waals surface area contributed by atoms with Gasteiger partial charge >= 0.3 is 0 Å². The fourth-order valence-electron chi connectivity index (χ4n) is 4.36. The number of nitrogens with one attached hydrogen (secondary N) is 1. The van der Waals surface area contributed by atoms with Crippen LogP contribution in [0.4, 0.5) is 0 Å². The van der Waals surface area contributed by atoms with E-state index in [0.29, 0.717) is 12.5 Å². The van der Waals surface area contributed by atoms with Gasteiger partial charge in [-0.15, -0.1) is 0 Å². The van der Waals surface area contributed by atoms with E-state index >= 15 is 0 Å². The largest absolute Gasteiger partial charge is 0.361 e. The molecule has 1 unspecified atom stereocenters. The van der Waals surface area contributed by atoms with Gasteiger partial charge in [0.1, 0.15) is 0 Å². The molecular formula is C21H28N2O. The first-order chi connectivity index (χ1) is 11.7. The molecule has 24 heavy (non-hydrogen) atoms. The second-order valence-electron chi connectivity index (χ2n) is 7.61. The highest BCUT2D eigenvalue weighted by Gasteiger charge is 2.32. The number of aromatic amines is 1. The number of carbonyl (C=O) groups excluding carboxylic acids is 1. The molecule has 1 heterocycles. The average molecular weight is 324 g/mol. The SMILES string of the molecule is CCCN(CC1CC1)C1Cc2c[nH]c3ccc(C(=O)CC)c(c23)C1. The van der Waals surface area contributed by atoms with E-state index in [-0.39, 0.29) is 5.78 Å². The van der Waals surface area contributed by atoms with E-state index in [1.807, 2.05) is 13.0 Å². The summed E-state index contributed by atoms with van der Waals surface area (Å²) in [6.45, 7) is 6.66. The molecule has 4 rings (SSSR count). The van der Waals surface area contributed by atoms with Crippen molar-refractivity contribution in [2.75, 3.05) is 13.1 Å². The van der Waals surface area contributed by atoms with Crippen LogP contribution < -0.4 is 0 Å². The normalized spacial score (nSPS) is 20.0. The van der Waals surface area contributed by atoms with E-state index in [2.05, 4.69) is 29.1 Å². The zero-order valence-corrected chi connectivity index (χ0v) is 14.9. The lowest BCUT2D eigenvalue weighted by atomic mass is 9.84. The smallest absolute Gasteiger partial charge is 0.162 e. The highest BCUT2D eigenvalue weighted by Crippen LogP contribution is 2.36. The first-order valence-electron chi connectivity index (χ1n) is 9.60. The lowest BCUT2D eigenvalue weighted by Crippen LogP contribution is -2.42. The van der Waals surface area contributed by atoms with Crippen molar-refractivity contribution in [3.05, 3.63) is 35.0 Å². The van der Waals surface area contributed by atoms with Crippen LogP contribution in [0.1, 0.15) is 61.0 Å². The molecule has 0 spiro atoms. The van der Waals surface area contributed by atoms with Crippen molar-refractivity contribution >= 4 is 16.7 Å². The molecule has 1 aromatic carbocycles. The summed E-state index contributed by atoms with van der Waals surface area (Å²) in [6, 6.07) is 4.67. The molecule has 0 aliphatic heterocycles. The fraction of sp³-hybridized carbons (Fsp3) is 0.571. The predicted molar refractivity (Wildman–Crippen MR) is 98.7 cm³/mol. The molecule has 0 amide bonds. The van der Waals surface area contributed by atoms with Gasteiger partial charge < -0.3 is 4.98 Å². The highest BCUT2D eigenvalue weighted by molar-refractivity contribution is 6.03. The number of rotatable bonds is 7. The second-order valence-corrected chi connectivity index (χ2v) is 7.61. The Hall–Kier alpha value is -1.61. The summed E-state index contributed by atoms with van der Waals surface area (Å²) >= 11 is 0. The molecule has 1 atom stereocenters. The maximum absolute atomic E-state index is 12.5. The van der Waals surface area contributed by atoms with Crippen LogP contribution in [0.3, 0.4) is 0 Å². The van der Waals surface area contributed by atoms with Gasteiger partial charge in [-0.3, -0.25) is 9.69 Å². The van der Waals surface area contributed by atoms with Gasteiger partial charge in [0, 0.05) is 41.7 Å². The average Bonchev–Trinajstić information content (AvgIpc) is 3.33. The molecule has 1 fully saturated rings. The minimum atomic E-state index is 0.281. The van der Waals surface area contributed by atoms with E-state index in [9.17, 15) is 4.79 Å². The summed E-state index contributed by atoms with van der Waals surface area (Å²) in [5, 5.41) is 1.33. The Morgan fingerprint density at radius 3 is 2.79 bits per heavy atom. The van der Waals surface area contributed by atoms with Gasteiger partial charge in [-0.1, -0.05) is 13.8 Å². The number of carbonyl (C=O) groups is 1. The number of nitrogens with zero attached hydrogens (tertiary/aromatic N) is 1. The number of H-pyrrole nitrogens is 1. The standard InChI is InChI=1S/C21H28N2O/c1-3-9-23(13-14-5-6-14)16-10-15-12-22-19-8-7-17(20(24)4-2)18(11-16)21(15)19/h7-8,12,14,16,22H,3-6,9-11,13H2,1-2H3. The van der Waals surface area contributed by atoms with E-state index in [1.165, 1.54) is 54.4 Å². The molecule has 2 aliphatic rings. The second kappa shape index (κ2) is 6.36. The van der Waals surface area contributed by atoms with Gasteiger partial charge in [0.15, 0.2) is 5.78 Å². The van der Waals surface area contributed by atoms with Crippen LogP contribution in [-0.2, 0) is 12.8 Å². The molecule has 2 aromatic rings. The molecule has 0 bridgehead atoms. The molecule has 0 saturated heterocycles. The van der Waals surface area contributed by atoms with Gasteiger partial charge in [-0.05, 0) is 67.8 Å². The van der Waals surface area contributed by atoms with Crippen molar-refractivity contribution in [1.29, 1.82) is 0 Å². The number of Topliss-reactive ketones (excluding diaryl/α,β-unsaturated/α-hetero) is 1. The van der Waals surface area contributed by atoms with Crippen molar-refractivity contribution in [3.63, 3.8) is 0 Å². The number of benzene rings is 1. The van der Waals surface area contributed by atoms with Crippen molar-refractivity contribution in [3.8, 4) is 0 Å². The van der Waals surface area contributed by atoms with Gasteiger partial charge in [-0.25, -0.2) is 0 Å². The number of hydrogen-bond donors (Lipinski definition) is 1. The Bertz CT molecular complexity index is 757. The van der Waals surface area contributed by atoms with Crippen LogP contribution >= 0.6 is 0 Å². The molecule has 0 radical (unpaired) electrons. The molecular weight excluding hydrogens is 296 g/mol. The lowest BCUT2D eigenvalue weighted by Gasteiger charge is -2.35. The Kier molecular flexibility index (Phi) is 4.21. The van der Waals surface area contributed by atoms with Gasteiger partial charge in [-0.2, -0.15) is 0 Å². The van der Waals surface area contributed by atoms with E-state index in [1.54, 1.807) is 0 Å². The first-order valence-corrected chi connectivity index (χ1v) is 9.60. The molecule has 1 saturated carbocycles. The zero-order chi connectivity index (χ0) is 16.7. The van der Waals surface area contributed by atoms with Crippen LogP contribution in [0.2, 0.25) is 0 Å². The Morgan fingerprint density at radius 1 is 1.25 bits per heavy atom. The third-order valence-corrected chi connectivity index (χ3v) is 5.77. The molecule has 1 N–H and O–H groups in total. The fourth-order valence-corrected chi connectivity index (χ4v) is 4.36. The summed E-state index contributed by atoms with van der Waals surface area (Å²) in [5.41, 5.74) is 4.84. The minimum absolute atomic E-state index is 0.281. The molecule has 128 valence electrons. The quantitative estimate of drug-likeness (QED) is 0.769. The van der Waals surface area contributed by atoms with E-state index < -0.39 is 0 Å². The molecule has 3 nitrogen and oxygen atoms in total. The highest BCUT2D eigenvalue weighted by atomic mass is 16.1. The van der Waals surface area contributed by atoms with E-state index in [0.717, 1.165) is 24.3 Å². The van der Waals surface area contributed by atoms with Crippen molar-refractivity contribution in [2.45, 2.75) is 58.4 Å². The van der Waals surface area contributed by atoms with E-state index in [4.69, 9.17) is 0 Å². The van der Waals surface area contributed by atoms with Crippen LogP contribution in [0.15, 0.2) is 18.3 Å². The molecule has 1 aromatic heterocycles. The third-order valence-electron chi connectivity index (χ3n) is 5.77. The molecule has 2 aliphatic carbocycles. The summed E-state index contributed by atoms with van der Waals surface area (Å²) in [5.74, 6) is 1.20. The summed E-state index contributed by atoms with van der Waals surface area (Å²) < 4.78 is 0. The number of aromatic nitrogens is 1. The molecule has 3 heteroatoms. The van der Waals surface area contributed by atoms with Gasteiger partial charge in [0.25, 0.3) is 0 Å². The monoisotopic (exact) mass is 324 g/mol. The van der Waals surface area contributed by atoms with Gasteiger partial charge in [0.05, 0.1) is 0 Å². The Balaban J connectivity index is 1.70. The lowest BCUT2D eigenvalue weighted by molar-refractivity contribution is 0.0986. The third kappa shape index (κ3) is 2.79. The van der Waals surface area contributed by atoms with Crippen LogP contribution in [-0.4, -0.2) is 34.8 Å². The van der Waals surface area contributed by atoms with Crippen molar-refractivity contribution in [2.24, 2.45) is 5.92 Å². The zero-order valence-electron chi connectivity index (χ0n) is 14.9. The van der Waals surface area contributed by atoms with Crippen molar-refractivity contribution < 1.29 is 4.79 Å². The topological polar surface area (TPSA) is 36.1 Å².